The van der Waals surface area contributed by atoms with Gasteiger partial charge in [0.15, 0.2) is 0 Å². The molecule has 0 unspecified atom stereocenters. The van der Waals surface area contributed by atoms with Gasteiger partial charge in [-0.2, -0.15) is 13.2 Å². The maximum Gasteiger partial charge on any atom is 0.418 e. The molecule has 3 aromatic rings. The zero-order chi connectivity index (χ0) is 22.6. The van der Waals surface area contributed by atoms with Crippen molar-refractivity contribution in [1.82, 2.24) is 8.86 Å². The number of nitrogens with zero attached hydrogens (tertiary/aromatic N) is 2. The number of ether oxygens (including phenoxy) is 1. The van der Waals surface area contributed by atoms with Gasteiger partial charge in [-0.1, -0.05) is 30.3 Å². The summed E-state index contributed by atoms with van der Waals surface area (Å²) >= 11 is 0.870. The predicted octanol–water partition coefficient (Wildman–Crippen LogP) is 4.38. The maximum absolute atomic E-state index is 13.4. The molecule has 3 rings (SSSR count). The molecular weight excluding hydrogens is 431 g/mol. The normalized spacial score (nSPS) is 11.4. The van der Waals surface area contributed by atoms with E-state index in [1.54, 1.807) is 30.3 Å². The van der Waals surface area contributed by atoms with Crippen LogP contribution in [0.1, 0.15) is 15.9 Å². The predicted molar refractivity (Wildman–Crippen MR) is 113 cm³/mol. The van der Waals surface area contributed by atoms with Crippen LogP contribution in [0, 0.1) is 0 Å². The second kappa shape index (κ2) is 9.36. The van der Waals surface area contributed by atoms with Crippen molar-refractivity contribution >= 4 is 28.1 Å². The maximum atomic E-state index is 13.4. The topological polar surface area (TPSA) is 63.6 Å². The first-order valence-corrected chi connectivity index (χ1v) is 10.0. The highest BCUT2D eigenvalue weighted by Gasteiger charge is 2.34. The van der Waals surface area contributed by atoms with Gasteiger partial charge in [0.25, 0.3) is 11.5 Å². The number of methoxy groups -OCH3 is 1. The number of nitrogens with one attached hydrogen (secondary N) is 1. The molecule has 0 radical (unpaired) electrons. The Morgan fingerprint density at radius 3 is 2.42 bits per heavy atom. The third-order valence-corrected chi connectivity index (χ3v) is 5.52. The van der Waals surface area contributed by atoms with Crippen LogP contribution in [0.15, 0.2) is 59.4 Å². The highest BCUT2D eigenvalue weighted by atomic mass is 32.1. The first-order valence-electron chi connectivity index (χ1n) is 9.23. The SMILES string of the molecule is COCCN(C)C(=O)c1c(Nc2ccccc2C(F)(F)F)sn(-c2ccccc2)c1=O. The molecule has 1 amide bonds. The number of amides is 1. The Morgan fingerprint density at radius 1 is 1.13 bits per heavy atom. The van der Waals surface area contributed by atoms with Crippen LogP contribution in [-0.4, -0.2) is 42.1 Å². The first kappa shape index (κ1) is 22.6. The Kier molecular flexibility index (Phi) is 6.81. The number of alkyl halides is 3. The molecule has 0 aliphatic heterocycles. The number of carbonyl (C=O) groups is 1. The number of halogens is 3. The number of rotatable bonds is 7. The third kappa shape index (κ3) is 4.97. The van der Waals surface area contributed by atoms with Crippen LogP contribution in [-0.2, 0) is 10.9 Å². The van der Waals surface area contributed by atoms with E-state index in [1.807, 2.05) is 0 Å². The lowest BCUT2D eigenvalue weighted by molar-refractivity contribution is -0.136. The van der Waals surface area contributed by atoms with Crippen LogP contribution in [0.3, 0.4) is 0 Å². The van der Waals surface area contributed by atoms with Gasteiger partial charge in [-0.25, -0.2) is 3.96 Å². The Bertz CT molecular complexity index is 1110. The van der Waals surface area contributed by atoms with Gasteiger partial charge < -0.3 is 15.0 Å². The van der Waals surface area contributed by atoms with Crippen LogP contribution in [0.4, 0.5) is 23.9 Å². The zero-order valence-electron chi connectivity index (χ0n) is 16.8. The van der Waals surface area contributed by atoms with Gasteiger partial charge in [-0.05, 0) is 35.8 Å². The molecule has 0 fully saturated rings. The minimum absolute atomic E-state index is 0.0276. The van der Waals surface area contributed by atoms with E-state index >= 15 is 0 Å². The molecule has 6 nitrogen and oxygen atoms in total. The molecule has 31 heavy (non-hydrogen) atoms. The average Bonchev–Trinajstić information content (AvgIpc) is 3.07. The van der Waals surface area contributed by atoms with Crippen LogP contribution >= 0.6 is 11.5 Å². The average molecular weight is 451 g/mol. The summed E-state index contributed by atoms with van der Waals surface area (Å²) in [5.41, 5.74) is -1.48. The fourth-order valence-electron chi connectivity index (χ4n) is 2.87. The first-order chi connectivity index (χ1) is 14.7. The van der Waals surface area contributed by atoms with Crippen molar-refractivity contribution in [3.8, 4) is 5.69 Å². The van der Waals surface area contributed by atoms with Crippen molar-refractivity contribution < 1.29 is 22.7 Å². The van der Waals surface area contributed by atoms with Crippen molar-refractivity contribution in [1.29, 1.82) is 0 Å². The largest absolute Gasteiger partial charge is 0.418 e. The fraction of sp³-hybridized carbons (Fsp3) is 0.238. The number of hydrogen-bond acceptors (Lipinski definition) is 5. The summed E-state index contributed by atoms with van der Waals surface area (Å²) in [7, 11) is 2.98. The molecular formula is C21H20F3N3O3S. The molecule has 0 spiro atoms. The quantitative estimate of drug-likeness (QED) is 0.579. The molecule has 0 saturated heterocycles. The van der Waals surface area contributed by atoms with E-state index in [0.717, 1.165) is 17.6 Å². The molecule has 164 valence electrons. The second-order valence-corrected chi connectivity index (χ2v) is 7.57. The number of aromatic nitrogens is 1. The summed E-state index contributed by atoms with van der Waals surface area (Å²) < 4.78 is 46.5. The van der Waals surface area contributed by atoms with Gasteiger partial charge in [0.2, 0.25) is 0 Å². The lowest BCUT2D eigenvalue weighted by Crippen LogP contribution is -2.34. The van der Waals surface area contributed by atoms with Crippen molar-refractivity contribution in [2.75, 3.05) is 32.6 Å². The van der Waals surface area contributed by atoms with Crippen molar-refractivity contribution in [3.05, 3.63) is 76.1 Å². The summed E-state index contributed by atoms with van der Waals surface area (Å²) in [6, 6.07) is 13.5. The smallest absolute Gasteiger partial charge is 0.383 e. The van der Waals surface area contributed by atoms with E-state index in [9.17, 15) is 22.8 Å². The van der Waals surface area contributed by atoms with E-state index < -0.39 is 23.2 Å². The Balaban J connectivity index is 2.11. The molecule has 10 heteroatoms. The highest BCUT2D eigenvalue weighted by Crippen LogP contribution is 2.37. The summed E-state index contributed by atoms with van der Waals surface area (Å²) in [6.07, 6.45) is -4.60. The van der Waals surface area contributed by atoms with Crippen LogP contribution in [0.2, 0.25) is 0 Å². The van der Waals surface area contributed by atoms with E-state index in [-0.39, 0.29) is 29.4 Å². The fourth-order valence-corrected chi connectivity index (χ4v) is 3.87. The summed E-state index contributed by atoms with van der Waals surface area (Å²) in [5, 5.41) is 2.70. The highest BCUT2D eigenvalue weighted by molar-refractivity contribution is 7.11. The molecule has 0 aliphatic carbocycles. The molecule has 1 N–H and O–H groups in total. The molecule has 0 bridgehead atoms. The number of para-hydroxylation sites is 2. The Labute approximate surface area is 180 Å². The molecule has 2 aromatic carbocycles. The minimum atomic E-state index is -4.60. The van der Waals surface area contributed by atoms with Crippen LogP contribution in [0.25, 0.3) is 5.69 Å². The monoisotopic (exact) mass is 451 g/mol. The lowest BCUT2D eigenvalue weighted by Gasteiger charge is -2.17. The van der Waals surface area contributed by atoms with Gasteiger partial charge in [-0.15, -0.1) is 0 Å². The van der Waals surface area contributed by atoms with Gasteiger partial charge in [0.1, 0.15) is 10.6 Å². The molecule has 0 atom stereocenters. The van der Waals surface area contributed by atoms with E-state index in [4.69, 9.17) is 4.74 Å². The molecule has 1 aromatic heterocycles. The molecule has 0 aliphatic rings. The minimum Gasteiger partial charge on any atom is -0.383 e. The third-order valence-electron chi connectivity index (χ3n) is 4.47. The van der Waals surface area contributed by atoms with Crippen molar-refractivity contribution in [2.45, 2.75) is 6.18 Å². The Hall–Kier alpha value is -3.11. The lowest BCUT2D eigenvalue weighted by atomic mass is 10.1. The van der Waals surface area contributed by atoms with Gasteiger partial charge in [0.05, 0.1) is 23.5 Å². The summed E-state index contributed by atoms with van der Waals surface area (Å²) in [4.78, 5) is 27.4. The van der Waals surface area contributed by atoms with E-state index in [2.05, 4.69) is 5.32 Å². The summed E-state index contributed by atoms with van der Waals surface area (Å²) in [6.45, 7) is 0.466. The number of likely N-dealkylation sites (N-methyl/N-ethyl adjacent to an activating group) is 1. The van der Waals surface area contributed by atoms with Gasteiger partial charge in [0, 0.05) is 20.7 Å². The summed E-state index contributed by atoms with van der Waals surface area (Å²) in [5.74, 6) is -0.611. The number of carbonyl (C=O) groups excluding carboxylic acids is 1. The second-order valence-electron chi connectivity index (χ2n) is 6.62. The molecule has 1 heterocycles. The molecule has 0 saturated carbocycles. The van der Waals surface area contributed by atoms with E-state index in [0.29, 0.717) is 5.69 Å². The number of benzene rings is 2. The number of anilines is 2. The van der Waals surface area contributed by atoms with Crippen LogP contribution in [0.5, 0.6) is 0 Å². The van der Waals surface area contributed by atoms with Gasteiger partial charge >= 0.3 is 6.18 Å². The van der Waals surface area contributed by atoms with Gasteiger partial charge in [-0.3, -0.25) is 9.59 Å². The number of hydrogen-bond donors (Lipinski definition) is 1. The standard InChI is InChI=1S/C21H20F3N3O3S/c1-26(12-13-30-2)19(28)17-18(25-16-11-7-6-10-15(16)21(22,23)24)31-27(20(17)29)14-8-4-3-5-9-14/h3-11,25H,12-13H2,1-2H3. The van der Waals surface area contributed by atoms with Crippen LogP contribution < -0.4 is 10.9 Å². The van der Waals surface area contributed by atoms with E-state index in [1.165, 1.54) is 41.2 Å². The zero-order valence-corrected chi connectivity index (χ0v) is 17.6. The Morgan fingerprint density at radius 2 is 1.77 bits per heavy atom. The van der Waals surface area contributed by atoms with Crippen molar-refractivity contribution in [3.63, 3.8) is 0 Å². The van der Waals surface area contributed by atoms with Crippen molar-refractivity contribution in [2.24, 2.45) is 0 Å².